The molecule has 161 valence electrons. The second-order valence-corrected chi connectivity index (χ2v) is 8.00. The molecule has 0 aromatic heterocycles. The van der Waals surface area contributed by atoms with Gasteiger partial charge in [-0.1, -0.05) is 43.7 Å². The molecule has 0 N–H and O–H groups in total. The van der Waals surface area contributed by atoms with E-state index in [0.29, 0.717) is 0 Å². The molecule has 2 aromatic rings. The van der Waals surface area contributed by atoms with Crippen LogP contribution < -0.4 is 9.47 Å². The van der Waals surface area contributed by atoms with Crippen molar-refractivity contribution < 1.29 is 51.4 Å². The summed E-state index contributed by atoms with van der Waals surface area (Å²) in [4.78, 5) is 0. The van der Waals surface area contributed by atoms with Gasteiger partial charge in [0.25, 0.3) is 0 Å². The zero-order valence-corrected chi connectivity index (χ0v) is 21.3. The monoisotopic (exact) mass is 487 g/mol. The van der Waals surface area contributed by atoms with Gasteiger partial charge >= 0.3 is 0 Å². The minimum atomic E-state index is 0. The number of nitrogens with zero attached hydrogens (tertiary/aromatic N) is 1. The Morgan fingerprint density at radius 2 is 1.50 bits per heavy atom. The van der Waals surface area contributed by atoms with Gasteiger partial charge in [0.15, 0.2) is 0 Å². The summed E-state index contributed by atoms with van der Waals surface area (Å²) < 4.78 is 18.6. The van der Waals surface area contributed by atoms with Gasteiger partial charge in [-0.3, -0.25) is 0 Å². The van der Waals surface area contributed by atoms with Crippen LogP contribution >= 0.6 is 0 Å². The van der Waals surface area contributed by atoms with Gasteiger partial charge in [-0.25, -0.2) is 0 Å². The molecule has 3 rings (SSSR count). The number of benzene rings is 2. The van der Waals surface area contributed by atoms with E-state index in [1.54, 1.807) is 0 Å². The van der Waals surface area contributed by atoms with E-state index in [-0.39, 0.29) is 32.7 Å². The van der Waals surface area contributed by atoms with Crippen molar-refractivity contribution in [2.24, 2.45) is 0 Å². The summed E-state index contributed by atoms with van der Waals surface area (Å²) in [7, 11) is 0. The predicted octanol–water partition coefficient (Wildman–Crippen LogP) is 5.07. The van der Waals surface area contributed by atoms with Crippen LogP contribution in [0, 0.1) is 0 Å². The molecule has 0 saturated carbocycles. The second kappa shape index (κ2) is 14.2. The van der Waals surface area contributed by atoms with Crippen molar-refractivity contribution in [3.63, 3.8) is 0 Å². The summed E-state index contributed by atoms with van der Waals surface area (Å²) in [6.07, 6.45) is 4.42. The predicted molar refractivity (Wildman–Crippen MR) is 117 cm³/mol. The number of hydrogen-bond donors (Lipinski definition) is 0. The molecule has 0 spiro atoms. The Morgan fingerprint density at radius 1 is 0.833 bits per heavy atom. The summed E-state index contributed by atoms with van der Waals surface area (Å²) in [5.74, 6) is 1.84. The van der Waals surface area contributed by atoms with E-state index in [2.05, 4.69) is 37.3 Å². The van der Waals surface area contributed by atoms with Gasteiger partial charge in [0.05, 0.1) is 39.5 Å². The molecule has 1 aliphatic rings. The zero-order valence-electron chi connectivity index (χ0n) is 18.4. The minimum Gasteiger partial charge on any atom is -0.494 e. The summed E-state index contributed by atoms with van der Waals surface area (Å²) in [5.41, 5.74) is 1.41. The third-order valence-electron chi connectivity index (χ3n) is 5.63. The maximum absolute atomic E-state index is 6.01. The maximum atomic E-state index is 6.01. The van der Waals surface area contributed by atoms with E-state index in [1.165, 1.54) is 12.1 Å². The van der Waals surface area contributed by atoms with Crippen LogP contribution in [0.3, 0.4) is 0 Å². The SMILES string of the molecule is CCCCOc1ccc(OCCC[N+]2(Cc3ccccc3)CCCOCC2)cc1.[Y]. The summed E-state index contributed by atoms with van der Waals surface area (Å²) in [6, 6.07) is 18.9. The van der Waals surface area contributed by atoms with E-state index in [0.717, 1.165) is 87.7 Å². The molecule has 1 fully saturated rings. The molecule has 1 saturated heterocycles. The number of hydrogen-bond acceptors (Lipinski definition) is 3. The van der Waals surface area contributed by atoms with Crippen LogP contribution in [0.25, 0.3) is 0 Å². The summed E-state index contributed by atoms with van der Waals surface area (Å²) >= 11 is 0. The third-order valence-corrected chi connectivity index (χ3v) is 5.63. The summed E-state index contributed by atoms with van der Waals surface area (Å²) in [6.45, 7) is 9.89. The Morgan fingerprint density at radius 3 is 2.17 bits per heavy atom. The van der Waals surface area contributed by atoms with Gasteiger partial charge in [0, 0.05) is 51.1 Å². The Balaban J connectivity index is 0.00000320. The van der Waals surface area contributed by atoms with E-state index in [1.807, 2.05) is 24.3 Å². The molecule has 1 aliphatic heterocycles. The number of ether oxygens (including phenoxy) is 3. The fourth-order valence-corrected chi connectivity index (χ4v) is 3.96. The molecule has 30 heavy (non-hydrogen) atoms. The average molecular weight is 487 g/mol. The van der Waals surface area contributed by atoms with Crippen LogP contribution in [0.5, 0.6) is 11.5 Å². The standard InChI is InChI=1S/C25H36NO3.Y/c1-2-3-19-28-24-11-13-25(14-12-24)29-20-8-16-26(15-7-18-27-21-17-26)22-23-9-5-4-6-10-23;/h4-6,9-14H,2-3,7-8,15-22H2,1H3;/q+1;. The topological polar surface area (TPSA) is 27.7 Å². The molecule has 5 heteroatoms. The molecular weight excluding hydrogens is 451 g/mol. The minimum absolute atomic E-state index is 0. The molecule has 1 heterocycles. The van der Waals surface area contributed by atoms with Gasteiger partial charge < -0.3 is 18.7 Å². The molecule has 4 nitrogen and oxygen atoms in total. The first-order valence-corrected chi connectivity index (χ1v) is 11.1. The van der Waals surface area contributed by atoms with E-state index in [9.17, 15) is 0 Å². The van der Waals surface area contributed by atoms with Crippen molar-refractivity contribution >= 4 is 0 Å². The van der Waals surface area contributed by atoms with E-state index >= 15 is 0 Å². The molecule has 1 radical (unpaired) electrons. The van der Waals surface area contributed by atoms with Gasteiger partial charge in [0.1, 0.15) is 24.6 Å². The largest absolute Gasteiger partial charge is 0.494 e. The number of unbranched alkanes of at least 4 members (excludes halogenated alkanes) is 1. The average Bonchev–Trinajstić information content (AvgIpc) is 2.99. The van der Waals surface area contributed by atoms with Gasteiger partial charge in [-0.2, -0.15) is 0 Å². The first-order chi connectivity index (χ1) is 14.3. The smallest absolute Gasteiger partial charge is 0.119 e. The second-order valence-electron chi connectivity index (χ2n) is 8.00. The van der Waals surface area contributed by atoms with E-state index < -0.39 is 0 Å². The molecule has 0 bridgehead atoms. The zero-order chi connectivity index (χ0) is 20.2. The Kier molecular flexibility index (Phi) is 12.0. The molecule has 0 aliphatic carbocycles. The van der Waals surface area contributed by atoms with Crippen molar-refractivity contribution in [3.05, 3.63) is 60.2 Å². The normalized spacial score (nSPS) is 18.8. The molecule has 2 aromatic carbocycles. The van der Waals surface area contributed by atoms with Gasteiger partial charge in [-0.05, 0) is 30.7 Å². The van der Waals surface area contributed by atoms with Crippen LogP contribution in [0.1, 0.15) is 38.2 Å². The van der Waals surface area contributed by atoms with Crippen LogP contribution in [0.15, 0.2) is 54.6 Å². The Hall–Kier alpha value is -0.936. The number of rotatable bonds is 11. The van der Waals surface area contributed by atoms with Crippen molar-refractivity contribution in [3.8, 4) is 11.5 Å². The van der Waals surface area contributed by atoms with Gasteiger partial charge in [0.2, 0.25) is 0 Å². The first kappa shape index (κ1) is 25.3. The molecule has 1 unspecified atom stereocenters. The van der Waals surface area contributed by atoms with E-state index in [4.69, 9.17) is 14.2 Å². The third kappa shape index (κ3) is 8.66. The fraction of sp³-hybridized carbons (Fsp3) is 0.520. The Bertz CT molecular complexity index is 685. The van der Waals surface area contributed by atoms with Crippen molar-refractivity contribution in [1.29, 1.82) is 0 Å². The summed E-state index contributed by atoms with van der Waals surface area (Å²) in [5, 5.41) is 0. The molecule has 1 atom stereocenters. The van der Waals surface area contributed by atoms with Crippen molar-refractivity contribution in [2.45, 2.75) is 39.2 Å². The van der Waals surface area contributed by atoms with Crippen molar-refractivity contribution in [1.82, 2.24) is 0 Å². The number of quaternary nitrogens is 1. The van der Waals surface area contributed by atoms with Crippen LogP contribution in [0.2, 0.25) is 0 Å². The quantitative estimate of drug-likeness (QED) is 0.327. The fourth-order valence-electron chi connectivity index (χ4n) is 3.96. The maximum Gasteiger partial charge on any atom is 0.119 e. The van der Waals surface area contributed by atoms with Crippen LogP contribution in [-0.4, -0.2) is 50.5 Å². The Labute approximate surface area is 207 Å². The van der Waals surface area contributed by atoms with Gasteiger partial charge in [-0.15, -0.1) is 0 Å². The van der Waals surface area contributed by atoms with Crippen molar-refractivity contribution in [2.75, 3.05) is 46.1 Å². The molecular formula is C25H36NO3Y+. The first-order valence-electron chi connectivity index (χ1n) is 11.1. The molecule has 0 amide bonds. The van der Waals surface area contributed by atoms with Crippen LogP contribution in [-0.2, 0) is 44.0 Å². The van der Waals surface area contributed by atoms with Crippen LogP contribution in [0.4, 0.5) is 0 Å².